The highest BCUT2D eigenvalue weighted by Gasteiger charge is 2.02. The number of nitrogens with one attached hydrogen (secondary N) is 1. The van der Waals surface area contributed by atoms with E-state index in [2.05, 4.69) is 5.32 Å². The van der Waals surface area contributed by atoms with Crippen molar-refractivity contribution < 1.29 is 9.90 Å². The topological polar surface area (TPSA) is 49.3 Å². The van der Waals surface area contributed by atoms with E-state index in [-0.39, 0.29) is 18.6 Å². The van der Waals surface area contributed by atoms with Gasteiger partial charge in [0.05, 0.1) is 6.61 Å². The zero-order valence-electron chi connectivity index (χ0n) is 9.90. The molecule has 0 heterocycles. The molecule has 0 spiro atoms. The Hall–Kier alpha value is -1.32. The van der Waals surface area contributed by atoms with Gasteiger partial charge in [-0.2, -0.15) is 0 Å². The number of aliphatic hydroxyl groups is 1. The number of hydrogen-bond acceptors (Lipinski definition) is 2. The van der Waals surface area contributed by atoms with Crippen LogP contribution in [0.3, 0.4) is 0 Å². The van der Waals surface area contributed by atoms with Crippen molar-refractivity contribution in [1.82, 2.24) is 5.32 Å². The van der Waals surface area contributed by atoms with E-state index in [4.69, 9.17) is 16.7 Å². The van der Waals surface area contributed by atoms with Crippen LogP contribution in [0, 0.1) is 6.92 Å². The monoisotopic (exact) mass is 253 g/mol. The Balaban J connectivity index is 2.64. The molecule has 0 fully saturated rings. The molecule has 0 saturated heterocycles. The van der Waals surface area contributed by atoms with Gasteiger partial charge in [-0.25, -0.2) is 0 Å². The Morgan fingerprint density at radius 2 is 2.29 bits per heavy atom. The summed E-state index contributed by atoms with van der Waals surface area (Å²) in [5, 5.41) is 12.1. The smallest absolute Gasteiger partial charge is 0.244 e. The summed E-state index contributed by atoms with van der Waals surface area (Å²) in [5.74, 6) is -0.233. The summed E-state index contributed by atoms with van der Waals surface area (Å²) in [6.45, 7) is 3.58. The number of amides is 1. The van der Waals surface area contributed by atoms with Crippen LogP contribution in [0.2, 0.25) is 5.02 Å². The maximum atomic E-state index is 11.4. The molecule has 1 aromatic rings. The lowest BCUT2D eigenvalue weighted by Crippen LogP contribution is -2.33. The van der Waals surface area contributed by atoms with E-state index in [0.717, 1.165) is 11.1 Å². The van der Waals surface area contributed by atoms with Gasteiger partial charge in [-0.1, -0.05) is 23.7 Å². The molecule has 1 aromatic carbocycles. The first-order chi connectivity index (χ1) is 8.02. The third kappa shape index (κ3) is 4.59. The molecule has 0 unspecified atom stereocenters. The van der Waals surface area contributed by atoms with E-state index in [1.165, 1.54) is 6.08 Å². The highest BCUT2D eigenvalue weighted by Crippen LogP contribution is 2.17. The normalized spacial score (nSPS) is 12.7. The van der Waals surface area contributed by atoms with Crippen molar-refractivity contribution in [3.8, 4) is 0 Å². The molecule has 0 radical (unpaired) electrons. The summed E-state index contributed by atoms with van der Waals surface area (Å²) in [4.78, 5) is 11.4. The van der Waals surface area contributed by atoms with Crippen molar-refractivity contribution in [1.29, 1.82) is 0 Å². The van der Waals surface area contributed by atoms with Crippen LogP contribution >= 0.6 is 11.6 Å². The highest BCUT2D eigenvalue weighted by molar-refractivity contribution is 6.31. The minimum absolute atomic E-state index is 0.0735. The highest BCUT2D eigenvalue weighted by atomic mass is 35.5. The second-order valence-electron chi connectivity index (χ2n) is 3.93. The Kier molecular flexibility index (Phi) is 5.19. The first-order valence-electron chi connectivity index (χ1n) is 5.38. The molecule has 17 heavy (non-hydrogen) atoms. The summed E-state index contributed by atoms with van der Waals surface area (Å²) in [6, 6.07) is 5.35. The van der Waals surface area contributed by atoms with Crippen LogP contribution in [0.4, 0.5) is 0 Å². The van der Waals surface area contributed by atoms with Gasteiger partial charge in [0.25, 0.3) is 0 Å². The lowest BCUT2D eigenvalue weighted by Gasteiger charge is -2.07. The Labute approximate surface area is 106 Å². The van der Waals surface area contributed by atoms with E-state index in [0.29, 0.717) is 5.02 Å². The van der Waals surface area contributed by atoms with Gasteiger partial charge in [-0.05, 0) is 37.1 Å². The van der Waals surface area contributed by atoms with Crippen LogP contribution in [0.5, 0.6) is 0 Å². The molecule has 0 aromatic heterocycles. The average Bonchev–Trinajstić information content (AvgIpc) is 2.30. The summed E-state index contributed by atoms with van der Waals surface area (Å²) < 4.78 is 0. The molecule has 4 heteroatoms. The molecule has 0 bridgehead atoms. The molecule has 1 rings (SSSR count). The number of hydrogen-bond donors (Lipinski definition) is 2. The average molecular weight is 254 g/mol. The van der Waals surface area contributed by atoms with Crippen LogP contribution in [0.25, 0.3) is 6.08 Å². The van der Waals surface area contributed by atoms with Gasteiger partial charge in [0, 0.05) is 17.1 Å². The lowest BCUT2D eigenvalue weighted by atomic mass is 10.1. The summed E-state index contributed by atoms with van der Waals surface area (Å²) in [6.07, 6.45) is 3.11. The fraction of sp³-hybridized carbons (Fsp3) is 0.308. The molecule has 0 aliphatic carbocycles. The second kappa shape index (κ2) is 6.42. The van der Waals surface area contributed by atoms with Crippen LogP contribution < -0.4 is 5.32 Å². The fourth-order valence-electron chi connectivity index (χ4n) is 1.22. The zero-order valence-corrected chi connectivity index (χ0v) is 10.7. The third-order valence-corrected chi connectivity index (χ3v) is 2.69. The minimum Gasteiger partial charge on any atom is -0.394 e. The standard InChI is InChI=1S/C13H16ClNO2/c1-9-3-4-11(7-12(9)14)5-6-13(17)15-10(2)8-16/h3-7,10,16H,8H2,1-2H3,(H,15,17)/t10-/m1/s1. The molecule has 0 saturated carbocycles. The number of carbonyl (C=O) groups excluding carboxylic acids is 1. The van der Waals surface area contributed by atoms with Crippen LogP contribution in [0.15, 0.2) is 24.3 Å². The molecular formula is C13H16ClNO2. The third-order valence-electron chi connectivity index (χ3n) is 2.29. The lowest BCUT2D eigenvalue weighted by molar-refractivity contribution is -0.117. The zero-order chi connectivity index (χ0) is 12.8. The largest absolute Gasteiger partial charge is 0.394 e. The molecular weight excluding hydrogens is 238 g/mol. The first kappa shape index (κ1) is 13.7. The molecule has 1 atom stereocenters. The van der Waals surface area contributed by atoms with Gasteiger partial charge in [0.15, 0.2) is 0 Å². The molecule has 3 nitrogen and oxygen atoms in total. The Bertz CT molecular complexity index is 429. The quantitative estimate of drug-likeness (QED) is 0.808. The molecule has 0 aliphatic rings. The summed E-state index contributed by atoms with van der Waals surface area (Å²) in [7, 11) is 0. The SMILES string of the molecule is Cc1ccc(C=CC(=O)N[C@H](C)CO)cc1Cl. The van der Waals surface area contributed by atoms with Crippen molar-refractivity contribution in [2.75, 3.05) is 6.61 Å². The van der Waals surface area contributed by atoms with Gasteiger partial charge in [0.2, 0.25) is 5.91 Å². The van der Waals surface area contributed by atoms with Gasteiger partial charge >= 0.3 is 0 Å². The number of halogens is 1. The Morgan fingerprint density at radius 1 is 1.59 bits per heavy atom. The maximum Gasteiger partial charge on any atom is 0.244 e. The number of aliphatic hydroxyl groups excluding tert-OH is 1. The molecule has 92 valence electrons. The van der Waals surface area contributed by atoms with Crippen LogP contribution in [-0.2, 0) is 4.79 Å². The van der Waals surface area contributed by atoms with E-state index >= 15 is 0 Å². The van der Waals surface area contributed by atoms with Gasteiger partial charge in [0.1, 0.15) is 0 Å². The Morgan fingerprint density at radius 3 is 2.88 bits per heavy atom. The predicted molar refractivity (Wildman–Crippen MR) is 69.9 cm³/mol. The number of carbonyl (C=O) groups is 1. The van der Waals surface area contributed by atoms with Crippen molar-refractivity contribution in [3.05, 3.63) is 40.4 Å². The van der Waals surface area contributed by atoms with Crippen molar-refractivity contribution in [3.63, 3.8) is 0 Å². The van der Waals surface area contributed by atoms with Crippen molar-refractivity contribution in [2.45, 2.75) is 19.9 Å². The number of benzene rings is 1. The van der Waals surface area contributed by atoms with Crippen LogP contribution in [-0.4, -0.2) is 23.7 Å². The van der Waals surface area contributed by atoms with Gasteiger partial charge < -0.3 is 10.4 Å². The van der Waals surface area contributed by atoms with E-state index in [1.54, 1.807) is 19.1 Å². The summed E-state index contributed by atoms with van der Waals surface area (Å²) >= 11 is 5.97. The maximum absolute atomic E-state index is 11.4. The van der Waals surface area contributed by atoms with Crippen molar-refractivity contribution in [2.24, 2.45) is 0 Å². The number of aryl methyl sites for hydroxylation is 1. The van der Waals surface area contributed by atoms with E-state index in [1.807, 2.05) is 19.1 Å². The summed E-state index contributed by atoms with van der Waals surface area (Å²) in [5.41, 5.74) is 1.87. The molecule has 2 N–H and O–H groups in total. The fourth-order valence-corrected chi connectivity index (χ4v) is 1.41. The molecule has 0 aliphatic heterocycles. The first-order valence-corrected chi connectivity index (χ1v) is 5.76. The number of rotatable bonds is 4. The predicted octanol–water partition coefficient (Wildman–Crippen LogP) is 2.16. The van der Waals surface area contributed by atoms with E-state index in [9.17, 15) is 4.79 Å². The van der Waals surface area contributed by atoms with E-state index < -0.39 is 0 Å². The minimum atomic E-state index is -0.242. The molecule has 1 amide bonds. The van der Waals surface area contributed by atoms with Crippen LogP contribution in [0.1, 0.15) is 18.1 Å². The van der Waals surface area contributed by atoms with Gasteiger partial charge in [-0.15, -0.1) is 0 Å². The second-order valence-corrected chi connectivity index (χ2v) is 4.34. The van der Waals surface area contributed by atoms with Gasteiger partial charge in [-0.3, -0.25) is 4.79 Å². The van der Waals surface area contributed by atoms with Crippen molar-refractivity contribution >= 4 is 23.6 Å².